The summed E-state index contributed by atoms with van der Waals surface area (Å²) in [7, 11) is 0. The fourth-order valence-electron chi connectivity index (χ4n) is 6.82. The quantitative estimate of drug-likeness (QED) is 0.0460. The van der Waals surface area contributed by atoms with Crippen molar-refractivity contribution < 1.29 is 51.1 Å². The van der Waals surface area contributed by atoms with Crippen molar-refractivity contribution in [1.29, 1.82) is 0 Å². The van der Waals surface area contributed by atoms with Crippen LogP contribution < -0.4 is 22.5 Å². The third-order valence-corrected chi connectivity index (χ3v) is 10.1. The van der Waals surface area contributed by atoms with Gasteiger partial charge in [-0.2, -0.15) is 18.3 Å². The minimum Gasteiger partial charge on any atom is -0.477 e. The van der Waals surface area contributed by atoms with Crippen LogP contribution in [0.3, 0.4) is 0 Å². The Balaban J connectivity index is 1.16. The third-order valence-electron chi connectivity index (χ3n) is 9.83. The summed E-state index contributed by atoms with van der Waals surface area (Å²) in [5.74, 6) is -3.27. The number of amides is 3. The maximum atomic E-state index is 14.7. The van der Waals surface area contributed by atoms with Crippen LogP contribution in [0.15, 0.2) is 42.6 Å². The van der Waals surface area contributed by atoms with E-state index in [1.165, 1.54) is 46.3 Å². The molecule has 59 heavy (non-hydrogen) atoms. The molecule has 0 spiro atoms. The first kappa shape index (κ1) is 44.3. The highest BCUT2D eigenvalue weighted by Gasteiger charge is 2.38. The molecule has 22 heteroatoms. The van der Waals surface area contributed by atoms with Gasteiger partial charge in [0.25, 0.3) is 11.8 Å². The molecule has 2 aromatic carbocycles. The Morgan fingerprint density at radius 2 is 1.66 bits per heavy atom. The number of ether oxygens (including phenoxy) is 1. The Hall–Kier alpha value is -5.77. The number of nitrogens with one attached hydrogen (secondary N) is 3. The molecule has 3 amide bonds. The molecular weight excluding hydrogens is 806 g/mol. The van der Waals surface area contributed by atoms with E-state index in [2.05, 4.69) is 20.4 Å². The number of nitrogens with two attached hydrogens (primary N) is 3. The lowest BCUT2D eigenvalue weighted by atomic mass is 10.0. The number of carbonyl (C=O) groups excluding carboxylic acids is 3. The fraction of sp³-hybridized carbons (Fsp3) is 0.405. The average Bonchev–Trinajstić information content (AvgIpc) is 3.84. The summed E-state index contributed by atoms with van der Waals surface area (Å²) < 4.78 is 62.0. The molecule has 318 valence electrons. The van der Waals surface area contributed by atoms with E-state index in [1.54, 1.807) is 0 Å². The Bertz CT molecular complexity index is 2130. The Kier molecular flexibility index (Phi) is 14.5. The van der Waals surface area contributed by atoms with Gasteiger partial charge in [-0.25, -0.2) is 19.0 Å². The van der Waals surface area contributed by atoms with Crippen LogP contribution in [-0.2, 0) is 22.1 Å². The number of piperazine rings is 1. The number of anilines is 2. The monoisotopic (exact) mass is 850 g/mol. The number of carboxylic acid groups (broad SMARTS) is 1. The van der Waals surface area contributed by atoms with Crippen molar-refractivity contribution in [3.63, 3.8) is 0 Å². The molecule has 3 heterocycles. The third kappa shape index (κ3) is 11.2. The summed E-state index contributed by atoms with van der Waals surface area (Å²) in [4.78, 5) is 60.6. The molecule has 0 aliphatic carbocycles. The number of nitrogens with zero attached hydrogens (tertiary/aromatic N) is 5. The average molecular weight is 851 g/mol. The summed E-state index contributed by atoms with van der Waals surface area (Å²) in [5, 5.41) is 17.8. The Morgan fingerprint density at radius 1 is 0.983 bits per heavy atom. The molecule has 1 saturated heterocycles. The molecule has 0 saturated carbocycles. The van der Waals surface area contributed by atoms with Crippen LogP contribution >= 0.6 is 11.6 Å². The first-order valence-corrected chi connectivity index (χ1v) is 18.9. The van der Waals surface area contributed by atoms with Crippen LogP contribution in [0, 0.1) is 5.82 Å². The summed E-state index contributed by atoms with van der Waals surface area (Å²) in [6.45, 7) is 2.61. The van der Waals surface area contributed by atoms with E-state index in [1.807, 2.05) is 5.10 Å². The van der Waals surface area contributed by atoms with Gasteiger partial charge in [0.15, 0.2) is 12.4 Å². The van der Waals surface area contributed by atoms with Crippen molar-refractivity contribution in [3.8, 4) is 11.3 Å². The first-order valence-electron chi connectivity index (χ1n) is 18.6. The molecule has 0 radical (unpaired) electrons. The minimum atomic E-state index is -4.85. The molecule has 17 nitrogen and oxygen atoms in total. The number of quaternary nitrogens is 1. The van der Waals surface area contributed by atoms with Gasteiger partial charge in [-0.15, -0.1) is 0 Å². The Labute approximate surface area is 340 Å². The maximum absolute atomic E-state index is 14.7. The van der Waals surface area contributed by atoms with E-state index in [-0.39, 0.29) is 101 Å². The van der Waals surface area contributed by atoms with Crippen molar-refractivity contribution in [1.82, 2.24) is 30.0 Å². The van der Waals surface area contributed by atoms with Gasteiger partial charge in [-0.05, 0) is 49.5 Å². The summed E-state index contributed by atoms with van der Waals surface area (Å²) in [6, 6.07) is 7.72. The van der Waals surface area contributed by atoms with Gasteiger partial charge < -0.3 is 51.6 Å². The van der Waals surface area contributed by atoms with E-state index in [4.69, 9.17) is 33.5 Å². The van der Waals surface area contributed by atoms with Gasteiger partial charge in [0.05, 0.1) is 29.4 Å². The second-order valence-corrected chi connectivity index (χ2v) is 14.4. The maximum Gasteiger partial charge on any atom is 0.433 e. The molecule has 1 fully saturated rings. The van der Waals surface area contributed by atoms with E-state index in [9.17, 15) is 41.8 Å². The highest BCUT2D eigenvalue weighted by atomic mass is 35.5. The van der Waals surface area contributed by atoms with Gasteiger partial charge in [0, 0.05) is 79.8 Å². The van der Waals surface area contributed by atoms with Gasteiger partial charge in [-0.3, -0.25) is 14.7 Å². The highest BCUT2D eigenvalue weighted by molar-refractivity contribution is 6.34. The summed E-state index contributed by atoms with van der Waals surface area (Å²) >= 11 is 6.47. The number of aromatic amines is 2. The van der Waals surface area contributed by atoms with E-state index >= 15 is 0 Å². The fourth-order valence-corrected chi connectivity index (χ4v) is 7.08. The second kappa shape index (κ2) is 19.3. The molecule has 1 aliphatic heterocycles. The molecule has 5 rings (SSSR count). The number of benzene rings is 2. The van der Waals surface area contributed by atoms with Crippen molar-refractivity contribution in [2.75, 3.05) is 83.1 Å². The Morgan fingerprint density at radius 3 is 2.27 bits per heavy atom. The van der Waals surface area contributed by atoms with Gasteiger partial charge in [0.2, 0.25) is 0 Å². The molecule has 0 unspecified atom stereocenters. The number of nitrogen functional groups attached to an aromatic ring is 1. The number of imidazole rings is 1. The number of H-pyrrole nitrogens is 2. The lowest BCUT2D eigenvalue weighted by molar-refractivity contribution is -0.921. The van der Waals surface area contributed by atoms with Crippen molar-refractivity contribution in [2.45, 2.75) is 25.4 Å². The predicted octanol–water partition coefficient (Wildman–Crippen LogP) is 3.53. The van der Waals surface area contributed by atoms with Crippen LogP contribution in [0.4, 0.5) is 33.7 Å². The number of carboxylic acids is 1. The lowest BCUT2D eigenvalue weighted by Gasteiger charge is -2.38. The van der Waals surface area contributed by atoms with Crippen LogP contribution in [0.25, 0.3) is 11.3 Å². The molecule has 2 aromatic heterocycles. The normalized spacial score (nSPS) is 13.4. The smallest absolute Gasteiger partial charge is 0.433 e. The van der Waals surface area contributed by atoms with Crippen LogP contribution in [-0.4, -0.2) is 135 Å². The summed E-state index contributed by atoms with van der Waals surface area (Å²) in [5.41, 5.74) is 15.4. The number of carbonyl (C=O) groups is 4. The van der Waals surface area contributed by atoms with Crippen molar-refractivity contribution >= 4 is 46.9 Å². The number of aliphatic carboxylic acids is 1. The zero-order valence-electron chi connectivity index (χ0n) is 31.8. The molecular formula is C37H45ClF4N11O6+. The standard InChI is InChI=1S/C37H44ClF4N11O6/c38-28-19-23(48-34(56)33-46-20-24(47-33)18-27-31(49-50-32(27)37(40,41)42)26-5-3-22(45)17-29(26)39)4-6-25(28)35(57)51-9-11-52(12-10-51)36(58)59-16-15-53(13-1-7-43,14-2-8-44)21-30(54)55/h3-6,17,19-20H,1-2,7-16,18,21,43-44H2,(H5-,45,46,47,48,49,50,54,55,56,57)/p+1. The molecule has 0 atom stereocenters. The van der Waals surface area contributed by atoms with Crippen molar-refractivity contribution in [3.05, 3.63) is 81.8 Å². The number of halogens is 5. The SMILES string of the molecule is NCCC[N+](CCCN)(CCOC(=O)N1CCN(C(=O)c2ccc(NC(=O)c3ncc(Cc4c(-c5ccc(N)cc5F)n[nH]c4C(F)(F)F)[nH]3)cc2Cl)CC1)CC(=O)O. The topological polar surface area (TPSA) is 252 Å². The second-order valence-electron chi connectivity index (χ2n) is 14.0. The number of hydrogen-bond acceptors (Lipinski definition) is 10. The predicted molar refractivity (Wildman–Crippen MR) is 208 cm³/mol. The van der Waals surface area contributed by atoms with Gasteiger partial charge >= 0.3 is 18.2 Å². The molecule has 4 aromatic rings. The largest absolute Gasteiger partial charge is 0.477 e. The van der Waals surface area contributed by atoms with E-state index in [0.717, 1.165) is 6.07 Å². The zero-order valence-corrected chi connectivity index (χ0v) is 32.5. The van der Waals surface area contributed by atoms with Crippen molar-refractivity contribution in [2.24, 2.45) is 11.5 Å². The number of rotatable bonds is 17. The highest BCUT2D eigenvalue weighted by Crippen LogP contribution is 2.37. The number of hydrogen-bond donors (Lipinski definition) is 7. The van der Waals surface area contributed by atoms with E-state index in [0.29, 0.717) is 39.0 Å². The number of alkyl halides is 3. The van der Waals surface area contributed by atoms with Gasteiger partial charge in [-0.1, -0.05) is 11.6 Å². The summed E-state index contributed by atoms with van der Waals surface area (Å²) in [6.07, 6.45) is -3.51. The van der Waals surface area contributed by atoms with Crippen LogP contribution in [0.1, 0.15) is 50.8 Å². The van der Waals surface area contributed by atoms with E-state index < -0.39 is 48.0 Å². The minimum absolute atomic E-state index is 0.0114. The first-order chi connectivity index (χ1) is 28.0. The number of aromatic nitrogens is 4. The van der Waals surface area contributed by atoms with Gasteiger partial charge in [0.1, 0.15) is 24.7 Å². The van der Waals surface area contributed by atoms with Crippen LogP contribution in [0.5, 0.6) is 0 Å². The molecule has 0 bridgehead atoms. The zero-order chi connectivity index (χ0) is 42.9. The van der Waals surface area contributed by atoms with Crippen LogP contribution in [0.2, 0.25) is 5.02 Å². The molecule has 1 aliphatic rings. The lowest BCUT2D eigenvalue weighted by Crippen LogP contribution is -2.55. The molecule has 10 N–H and O–H groups in total.